The Hall–Kier alpha value is -1.89. The van der Waals surface area contributed by atoms with Gasteiger partial charge in [0.2, 0.25) is 0 Å². The van der Waals surface area contributed by atoms with Crippen LogP contribution in [0.2, 0.25) is 0 Å². The molecule has 0 amide bonds. The normalized spacial score (nSPS) is 18.0. The highest BCUT2D eigenvalue weighted by Crippen LogP contribution is 2.40. The third kappa shape index (κ3) is 2.78. The van der Waals surface area contributed by atoms with Gasteiger partial charge in [0.25, 0.3) is 0 Å². The summed E-state index contributed by atoms with van der Waals surface area (Å²) in [5.74, 6) is -2.03. The van der Waals surface area contributed by atoms with E-state index in [0.717, 1.165) is 12.1 Å². The SMILES string of the molecule is CCN1C=C(C(=O)O)C(C=S)c2cc(C(F)(F)F)ccc21. The molecule has 1 aromatic carbocycles. The average molecular weight is 315 g/mol. The molecule has 0 spiro atoms. The molecule has 0 radical (unpaired) electrons. The van der Waals surface area contributed by atoms with Gasteiger partial charge >= 0.3 is 12.1 Å². The van der Waals surface area contributed by atoms with Crippen molar-refractivity contribution in [1.29, 1.82) is 0 Å². The van der Waals surface area contributed by atoms with E-state index in [1.165, 1.54) is 17.6 Å². The summed E-state index contributed by atoms with van der Waals surface area (Å²) in [5.41, 5.74) is -0.0346. The Balaban J connectivity index is 2.64. The molecule has 0 aliphatic carbocycles. The van der Waals surface area contributed by atoms with Gasteiger partial charge < -0.3 is 10.0 Å². The number of hydrogen-bond acceptors (Lipinski definition) is 3. The number of halogens is 3. The van der Waals surface area contributed by atoms with Crippen molar-refractivity contribution in [2.75, 3.05) is 11.4 Å². The quantitative estimate of drug-likeness (QED) is 0.865. The summed E-state index contributed by atoms with van der Waals surface area (Å²) in [7, 11) is 0. The van der Waals surface area contributed by atoms with Crippen LogP contribution < -0.4 is 4.90 Å². The number of carboxylic acid groups (broad SMARTS) is 1. The molecule has 112 valence electrons. The zero-order valence-corrected chi connectivity index (χ0v) is 11.8. The van der Waals surface area contributed by atoms with Gasteiger partial charge in [0.05, 0.1) is 11.1 Å². The van der Waals surface area contributed by atoms with Gasteiger partial charge in [0, 0.05) is 24.4 Å². The number of benzene rings is 1. The van der Waals surface area contributed by atoms with E-state index in [1.807, 2.05) is 0 Å². The van der Waals surface area contributed by atoms with Crippen LogP contribution in [0, 0.1) is 0 Å². The lowest BCUT2D eigenvalue weighted by Crippen LogP contribution is -2.28. The van der Waals surface area contributed by atoms with Gasteiger partial charge in [0.15, 0.2) is 0 Å². The summed E-state index contributed by atoms with van der Waals surface area (Å²) in [6.45, 7) is 2.23. The fourth-order valence-electron chi connectivity index (χ4n) is 2.32. The van der Waals surface area contributed by atoms with Crippen molar-refractivity contribution >= 4 is 29.2 Å². The predicted octanol–water partition coefficient (Wildman–Crippen LogP) is 3.60. The van der Waals surface area contributed by atoms with Crippen LogP contribution >= 0.6 is 12.2 Å². The van der Waals surface area contributed by atoms with Crippen LogP contribution in [-0.2, 0) is 11.0 Å². The minimum atomic E-state index is -4.48. The van der Waals surface area contributed by atoms with Crippen LogP contribution in [0.25, 0.3) is 0 Å². The Kier molecular flexibility index (Phi) is 4.04. The van der Waals surface area contributed by atoms with Crippen molar-refractivity contribution < 1.29 is 23.1 Å². The summed E-state index contributed by atoms with van der Waals surface area (Å²) < 4.78 is 38.5. The molecule has 1 atom stereocenters. The highest BCUT2D eigenvalue weighted by molar-refractivity contribution is 7.79. The Morgan fingerprint density at radius 3 is 2.62 bits per heavy atom. The molecular formula is C14H12F3NO2S. The number of carboxylic acids is 1. The van der Waals surface area contributed by atoms with Crippen molar-refractivity contribution in [3.8, 4) is 0 Å². The van der Waals surface area contributed by atoms with Crippen LogP contribution in [0.5, 0.6) is 0 Å². The van der Waals surface area contributed by atoms with E-state index in [0.29, 0.717) is 12.2 Å². The van der Waals surface area contributed by atoms with E-state index in [1.54, 1.807) is 11.8 Å². The molecule has 1 unspecified atom stereocenters. The molecule has 1 aliphatic heterocycles. The molecule has 21 heavy (non-hydrogen) atoms. The number of thiocarbonyl (C=S) groups is 1. The highest BCUT2D eigenvalue weighted by Gasteiger charge is 2.35. The maximum atomic E-state index is 12.8. The van der Waals surface area contributed by atoms with Gasteiger partial charge in [-0.1, -0.05) is 12.2 Å². The van der Waals surface area contributed by atoms with Crippen LogP contribution in [0.3, 0.4) is 0 Å². The van der Waals surface area contributed by atoms with Gasteiger partial charge in [-0.15, -0.1) is 0 Å². The average Bonchev–Trinajstić information content (AvgIpc) is 2.43. The Labute approximate surface area is 124 Å². The van der Waals surface area contributed by atoms with Crippen LogP contribution in [0.4, 0.5) is 18.9 Å². The van der Waals surface area contributed by atoms with E-state index < -0.39 is 23.6 Å². The third-order valence-electron chi connectivity index (χ3n) is 3.35. The number of rotatable bonds is 3. The van der Waals surface area contributed by atoms with Crippen molar-refractivity contribution in [2.24, 2.45) is 0 Å². The maximum absolute atomic E-state index is 12.8. The molecule has 0 fully saturated rings. The van der Waals surface area contributed by atoms with E-state index in [2.05, 4.69) is 0 Å². The van der Waals surface area contributed by atoms with E-state index in [-0.39, 0.29) is 11.1 Å². The van der Waals surface area contributed by atoms with Crippen molar-refractivity contribution in [3.63, 3.8) is 0 Å². The summed E-state index contributed by atoms with van der Waals surface area (Å²) >= 11 is 4.83. The Bertz CT molecular complexity index is 625. The number of nitrogens with zero attached hydrogens (tertiary/aromatic N) is 1. The number of carbonyl (C=O) groups is 1. The largest absolute Gasteiger partial charge is 0.478 e. The molecule has 0 saturated heterocycles. The molecule has 3 nitrogen and oxygen atoms in total. The second-order valence-electron chi connectivity index (χ2n) is 4.56. The van der Waals surface area contributed by atoms with Crippen LogP contribution in [0.1, 0.15) is 24.0 Å². The second kappa shape index (κ2) is 5.48. The van der Waals surface area contributed by atoms with Gasteiger partial charge in [-0.3, -0.25) is 0 Å². The van der Waals surface area contributed by atoms with Crippen LogP contribution in [0.15, 0.2) is 30.0 Å². The second-order valence-corrected chi connectivity index (χ2v) is 4.83. The van der Waals surface area contributed by atoms with Crippen molar-refractivity contribution in [3.05, 3.63) is 41.1 Å². The minimum absolute atomic E-state index is 0.0290. The van der Waals surface area contributed by atoms with Gasteiger partial charge in [-0.2, -0.15) is 13.2 Å². The summed E-state index contributed by atoms with van der Waals surface area (Å²) in [6, 6.07) is 3.31. The lowest BCUT2D eigenvalue weighted by molar-refractivity contribution is -0.137. The topological polar surface area (TPSA) is 40.5 Å². The number of anilines is 1. The minimum Gasteiger partial charge on any atom is -0.478 e. The third-order valence-corrected chi connectivity index (χ3v) is 3.63. The molecule has 0 bridgehead atoms. The molecule has 0 aromatic heterocycles. The molecule has 1 aromatic rings. The maximum Gasteiger partial charge on any atom is 0.416 e. The first-order valence-corrected chi connectivity index (χ1v) is 6.64. The summed E-state index contributed by atoms with van der Waals surface area (Å²) in [6.07, 6.45) is -3.06. The lowest BCUT2D eigenvalue weighted by Gasteiger charge is -2.31. The van der Waals surface area contributed by atoms with E-state index in [9.17, 15) is 23.1 Å². The first kappa shape index (κ1) is 15.5. The monoisotopic (exact) mass is 315 g/mol. The smallest absolute Gasteiger partial charge is 0.416 e. The molecule has 2 rings (SSSR count). The van der Waals surface area contributed by atoms with E-state index in [4.69, 9.17) is 12.2 Å². The van der Waals surface area contributed by atoms with Gasteiger partial charge in [0.1, 0.15) is 0 Å². The van der Waals surface area contributed by atoms with Crippen molar-refractivity contribution in [2.45, 2.75) is 19.0 Å². The highest BCUT2D eigenvalue weighted by atomic mass is 32.1. The zero-order chi connectivity index (χ0) is 15.8. The van der Waals surface area contributed by atoms with Gasteiger partial charge in [-0.05, 0) is 36.1 Å². The standard InChI is InChI=1S/C14H12F3NO2S/c1-2-18-6-10(13(19)20)11(7-21)9-5-8(14(15,16)17)3-4-12(9)18/h3-7,11H,2H2,1H3,(H,19,20). The molecule has 7 heteroatoms. The zero-order valence-electron chi connectivity index (χ0n) is 11.0. The predicted molar refractivity (Wildman–Crippen MR) is 76.6 cm³/mol. The molecule has 1 aliphatic rings. The molecule has 1 N–H and O–H groups in total. The number of fused-ring (bicyclic) bond motifs is 1. The number of alkyl halides is 3. The number of hydrogen-bond donors (Lipinski definition) is 1. The fourth-order valence-corrected chi connectivity index (χ4v) is 2.62. The summed E-state index contributed by atoms with van der Waals surface area (Å²) in [5, 5.41) is 10.4. The Morgan fingerprint density at radius 2 is 2.14 bits per heavy atom. The van der Waals surface area contributed by atoms with Crippen molar-refractivity contribution in [1.82, 2.24) is 0 Å². The first-order valence-electron chi connectivity index (χ1n) is 6.17. The van der Waals surface area contributed by atoms with Crippen LogP contribution in [-0.4, -0.2) is 23.0 Å². The molecule has 0 saturated carbocycles. The number of aliphatic carboxylic acids is 1. The van der Waals surface area contributed by atoms with E-state index >= 15 is 0 Å². The Morgan fingerprint density at radius 1 is 1.48 bits per heavy atom. The first-order chi connectivity index (χ1) is 9.79. The fraction of sp³-hybridized carbons (Fsp3) is 0.286. The molecule has 1 heterocycles. The summed E-state index contributed by atoms with van der Waals surface area (Å²) in [4.78, 5) is 12.9. The lowest BCUT2D eigenvalue weighted by atomic mass is 9.87. The van der Waals surface area contributed by atoms with Gasteiger partial charge in [-0.25, -0.2) is 4.79 Å². The molecular weight excluding hydrogens is 303 g/mol.